The van der Waals surface area contributed by atoms with Crippen LogP contribution in [0.25, 0.3) is 0 Å². The number of hydrogen-bond donors (Lipinski definition) is 2. The van der Waals surface area contributed by atoms with Crippen molar-refractivity contribution in [3.05, 3.63) is 0 Å². The number of piperidine rings is 1. The molecule has 2 saturated heterocycles. The third kappa shape index (κ3) is 2.38. The van der Waals surface area contributed by atoms with Gasteiger partial charge in [-0.1, -0.05) is 6.92 Å². The number of nitrogens with zero attached hydrogens (tertiary/aromatic N) is 1. The Morgan fingerprint density at radius 1 is 1.50 bits per heavy atom. The molecule has 1 amide bonds. The van der Waals surface area contributed by atoms with Crippen LogP contribution in [0.3, 0.4) is 0 Å². The predicted octanol–water partition coefficient (Wildman–Crippen LogP) is 0.217. The molecule has 2 fully saturated rings. The quantitative estimate of drug-likeness (QED) is 0.708. The molecule has 1 atom stereocenters. The minimum atomic E-state index is 0.0324. The molecule has 1 unspecified atom stereocenters. The summed E-state index contributed by atoms with van der Waals surface area (Å²) < 4.78 is 0. The van der Waals surface area contributed by atoms with Gasteiger partial charge in [-0.3, -0.25) is 4.79 Å². The summed E-state index contributed by atoms with van der Waals surface area (Å²) in [5.74, 6) is 0.503. The fourth-order valence-electron chi connectivity index (χ4n) is 2.55. The molecule has 0 radical (unpaired) electrons. The Kier molecular flexibility index (Phi) is 3.50. The zero-order valence-electron chi connectivity index (χ0n) is 10.0. The van der Waals surface area contributed by atoms with Crippen molar-refractivity contribution in [2.45, 2.75) is 26.2 Å². The van der Waals surface area contributed by atoms with Gasteiger partial charge in [0.2, 0.25) is 5.91 Å². The van der Waals surface area contributed by atoms with Crippen molar-refractivity contribution < 1.29 is 9.90 Å². The van der Waals surface area contributed by atoms with E-state index < -0.39 is 0 Å². The summed E-state index contributed by atoms with van der Waals surface area (Å²) in [6.07, 6.45) is 2.83. The molecule has 2 aliphatic rings. The first-order valence-electron chi connectivity index (χ1n) is 6.25. The summed E-state index contributed by atoms with van der Waals surface area (Å²) >= 11 is 0. The van der Waals surface area contributed by atoms with E-state index >= 15 is 0 Å². The van der Waals surface area contributed by atoms with Crippen LogP contribution in [0.2, 0.25) is 0 Å². The van der Waals surface area contributed by atoms with Crippen LogP contribution in [0.4, 0.5) is 0 Å². The Morgan fingerprint density at radius 3 is 2.69 bits per heavy atom. The number of aliphatic hydroxyl groups excluding tert-OH is 1. The van der Waals surface area contributed by atoms with Gasteiger partial charge in [-0.2, -0.15) is 0 Å². The summed E-state index contributed by atoms with van der Waals surface area (Å²) in [5.41, 5.74) is 0.0324. The smallest absolute Gasteiger partial charge is 0.227 e. The van der Waals surface area contributed by atoms with Crippen LogP contribution in [0.1, 0.15) is 26.2 Å². The Bertz CT molecular complexity index is 254. The zero-order chi connectivity index (χ0) is 11.6. The molecule has 92 valence electrons. The maximum absolute atomic E-state index is 12.1. The van der Waals surface area contributed by atoms with E-state index in [1.165, 1.54) is 0 Å². The molecule has 4 heteroatoms. The monoisotopic (exact) mass is 226 g/mol. The third-order valence-electron chi connectivity index (χ3n) is 4.07. The van der Waals surface area contributed by atoms with Gasteiger partial charge in [-0.25, -0.2) is 0 Å². The van der Waals surface area contributed by atoms with Crippen molar-refractivity contribution in [1.82, 2.24) is 10.2 Å². The highest BCUT2D eigenvalue weighted by molar-refractivity contribution is 5.79. The van der Waals surface area contributed by atoms with Gasteiger partial charge in [0.15, 0.2) is 0 Å². The summed E-state index contributed by atoms with van der Waals surface area (Å²) in [6, 6.07) is 0. The molecule has 2 heterocycles. The SMILES string of the molecule is CC1(CO)CCN(C(=O)C2CCNC2)CC1. The second-order valence-corrected chi connectivity index (χ2v) is 5.48. The van der Waals surface area contributed by atoms with Crippen LogP contribution < -0.4 is 5.32 Å². The van der Waals surface area contributed by atoms with Crippen LogP contribution in [0.15, 0.2) is 0 Å². The van der Waals surface area contributed by atoms with Crippen LogP contribution in [0, 0.1) is 11.3 Å². The molecular formula is C12H22N2O2. The highest BCUT2D eigenvalue weighted by Crippen LogP contribution is 2.30. The van der Waals surface area contributed by atoms with Gasteiger partial charge in [0.25, 0.3) is 0 Å². The molecule has 0 aromatic heterocycles. The lowest BCUT2D eigenvalue weighted by molar-refractivity contribution is -0.137. The van der Waals surface area contributed by atoms with E-state index in [0.717, 1.165) is 45.4 Å². The van der Waals surface area contributed by atoms with E-state index in [-0.39, 0.29) is 17.9 Å². The molecule has 2 N–H and O–H groups in total. The zero-order valence-corrected chi connectivity index (χ0v) is 10.0. The second-order valence-electron chi connectivity index (χ2n) is 5.48. The molecule has 2 rings (SSSR count). The predicted molar refractivity (Wildman–Crippen MR) is 62.0 cm³/mol. The Labute approximate surface area is 97.0 Å². The first-order valence-corrected chi connectivity index (χ1v) is 6.25. The molecule has 2 aliphatic heterocycles. The molecular weight excluding hydrogens is 204 g/mol. The standard InChI is InChI=1S/C12H22N2O2/c1-12(9-15)3-6-14(7-4-12)11(16)10-2-5-13-8-10/h10,13,15H,2-9H2,1H3. The van der Waals surface area contributed by atoms with E-state index in [1.807, 2.05) is 4.90 Å². The highest BCUT2D eigenvalue weighted by atomic mass is 16.3. The molecule has 0 aliphatic carbocycles. The van der Waals surface area contributed by atoms with Crippen molar-refractivity contribution in [2.24, 2.45) is 11.3 Å². The first kappa shape index (κ1) is 11.9. The first-order chi connectivity index (χ1) is 7.64. The minimum absolute atomic E-state index is 0.0324. The number of carbonyl (C=O) groups is 1. The van der Waals surface area contributed by atoms with Crippen LogP contribution in [-0.4, -0.2) is 48.7 Å². The lowest BCUT2D eigenvalue weighted by Crippen LogP contribution is -2.46. The number of nitrogens with one attached hydrogen (secondary N) is 1. The summed E-state index contributed by atoms with van der Waals surface area (Å²) in [4.78, 5) is 14.1. The summed E-state index contributed by atoms with van der Waals surface area (Å²) in [6.45, 7) is 5.77. The molecule has 0 saturated carbocycles. The molecule has 0 spiro atoms. The normalized spacial score (nSPS) is 29.4. The molecule has 16 heavy (non-hydrogen) atoms. The van der Waals surface area contributed by atoms with Gasteiger partial charge in [-0.05, 0) is 31.2 Å². The highest BCUT2D eigenvalue weighted by Gasteiger charge is 2.34. The van der Waals surface area contributed by atoms with Gasteiger partial charge < -0.3 is 15.3 Å². The molecule has 0 aromatic carbocycles. The fourth-order valence-corrected chi connectivity index (χ4v) is 2.55. The maximum atomic E-state index is 12.1. The van der Waals surface area contributed by atoms with E-state index in [0.29, 0.717) is 5.91 Å². The van der Waals surface area contributed by atoms with E-state index in [2.05, 4.69) is 12.2 Å². The summed E-state index contributed by atoms with van der Waals surface area (Å²) in [7, 11) is 0. The van der Waals surface area contributed by atoms with Gasteiger partial charge in [0, 0.05) is 26.2 Å². The van der Waals surface area contributed by atoms with E-state index in [9.17, 15) is 9.90 Å². The van der Waals surface area contributed by atoms with E-state index in [1.54, 1.807) is 0 Å². The van der Waals surface area contributed by atoms with Crippen LogP contribution >= 0.6 is 0 Å². The van der Waals surface area contributed by atoms with Gasteiger partial charge >= 0.3 is 0 Å². The average Bonchev–Trinajstić information content (AvgIpc) is 2.83. The van der Waals surface area contributed by atoms with Crippen molar-refractivity contribution >= 4 is 5.91 Å². The number of likely N-dealkylation sites (tertiary alicyclic amines) is 1. The molecule has 4 nitrogen and oxygen atoms in total. The lowest BCUT2D eigenvalue weighted by Gasteiger charge is -2.39. The number of rotatable bonds is 2. The lowest BCUT2D eigenvalue weighted by atomic mass is 9.81. The summed E-state index contributed by atoms with van der Waals surface area (Å²) in [5, 5.41) is 12.5. The van der Waals surface area contributed by atoms with Crippen LogP contribution in [-0.2, 0) is 4.79 Å². The van der Waals surface area contributed by atoms with Gasteiger partial charge in [0.1, 0.15) is 0 Å². The Morgan fingerprint density at radius 2 is 2.19 bits per heavy atom. The number of carbonyl (C=O) groups excluding carboxylic acids is 1. The van der Waals surface area contributed by atoms with E-state index in [4.69, 9.17) is 0 Å². The van der Waals surface area contributed by atoms with Crippen molar-refractivity contribution in [3.63, 3.8) is 0 Å². The number of amides is 1. The minimum Gasteiger partial charge on any atom is -0.396 e. The Balaban J connectivity index is 1.86. The van der Waals surface area contributed by atoms with Gasteiger partial charge in [0.05, 0.1) is 5.92 Å². The second kappa shape index (κ2) is 4.72. The number of aliphatic hydroxyl groups is 1. The van der Waals surface area contributed by atoms with Crippen molar-refractivity contribution in [1.29, 1.82) is 0 Å². The molecule has 0 aromatic rings. The van der Waals surface area contributed by atoms with Gasteiger partial charge in [-0.15, -0.1) is 0 Å². The van der Waals surface area contributed by atoms with Crippen LogP contribution in [0.5, 0.6) is 0 Å². The third-order valence-corrected chi connectivity index (χ3v) is 4.07. The fraction of sp³-hybridized carbons (Fsp3) is 0.917. The maximum Gasteiger partial charge on any atom is 0.227 e. The largest absolute Gasteiger partial charge is 0.396 e. The van der Waals surface area contributed by atoms with Crippen molar-refractivity contribution in [2.75, 3.05) is 32.8 Å². The van der Waals surface area contributed by atoms with Crippen molar-refractivity contribution in [3.8, 4) is 0 Å². The molecule has 0 bridgehead atoms. The Hall–Kier alpha value is -0.610. The topological polar surface area (TPSA) is 52.6 Å². The number of hydrogen-bond acceptors (Lipinski definition) is 3. The average molecular weight is 226 g/mol.